The maximum absolute atomic E-state index is 12.5. The Balaban J connectivity index is 1.59. The topological polar surface area (TPSA) is 32.3 Å². The summed E-state index contributed by atoms with van der Waals surface area (Å²) in [6.45, 7) is 4.12. The van der Waals surface area contributed by atoms with E-state index in [1.165, 1.54) is 25.7 Å². The van der Waals surface area contributed by atoms with Gasteiger partial charge in [0.2, 0.25) is 5.91 Å². The highest BCUT2D eigenvalue weighted by Gasteiger charge is 2.40. The minimum absolute atomic E-state index is 0.119. The van der Waals surface area contributed by atoms with Gasteiger partial charge in [0, 0.05) is 30.1 Å². The van der Waals surface area contributed by atoms with Gasteiger partial charge < -0.3 is 10.2 Å². The summed E-state index contributed by atoms with van der Waals surface area (Å²) in [7, 11) is 0. The van der Waals surface area contributed by atoms with Crippen LogP contribution in [0.15, 0.2) is 0 Å². The van der Waals surface area contributed by atoms with Crippen molar-refractivity contribution < 1.29 is 4.79 Å². The van der Waals surface area contributed by atoms with Crippen LogP contribution in [-0.2, 0) is 4.79 Å². The molecule has 102 valence electrons. The number of fused-ring (bicyclic) bond motifs is 1. The zero-order valence-electron chi connectivity index (χ0n) is 11.2. The predicted octanol–water partition coefficient (Wildman–Crippen LogP) is 1.87. The maximum atomic E-state index is 12.5. The lowest BCUT2D eigenvalue weighted by Crippen LogP contribution is -2.49. The van der Waals surface area contributed by atoms with E-state index in [9.17, 15) is 4.79 Å². The Hall–Kier alpha value is -0.220. The fraction of sp³-hybridized carbons (Fsp3) is 0.929. The van der Waals surface area contributed by atoms with Crippen molar-refractivity contribution in [1.29, 1.82) is 0 Å². The molecule has 2 saturated heterocycles. The smallest absolute Gasteiger partial charge is 0.239 e. The van der Waals surface area contributed by atoms with E-state index in [2.05, 4.69) is 17.1 Å². The quantitative estimate of drug-likeness (QED) is 0.788. The molecular formula is C14H24N2OS. The first-order chi connectivity index (χ1) is 8.74. The second-order valence-electron chi connectivity index (χ2n) is 6.07. The third kappa shape index (κ3) is 2.55. The van der Waals surface area contributed by atoms with Crippen LogP contribution in [0.1, 0.15) is 39.0 Å². The molecule has 4 unspecified atom stereocenters. The minimum atomic E-state index is 0.119. The second-order valence-corrected chi connectivity index (χ2v) is 7.62. The van der Waals surface area contributed by atoms with Gasteiger partial charge in [0.1, 0.15) is 0 Å². The lowest BCUT2D eigenvalue weighted by Gasteiger charge is -2.32. The van der Waals surface area contributed by atoms with Crippen molar-refractivity contribution >= 4 is 17.7 Å². The summed E-state index contributed by atoms with van der Waals surface area (Å²) < 4.78 is 0. The Kier molecular flexibility index (Phi) is 3.85. The summed E-state index contributed by atoms with van der Waals surface area (Å²) in [6.07, 6.45) is 6.39. The van der Waals surface area contributed by atoms with Crippen molar-refractivity contribution in [2.75, 3.05) is 18.8 Å². The Bertz CT molecular complexity index is 309. The molecule has 1 aliphatic carbocycles. The average Bonchev–Trinajstić information content (AvgIpc) is 2.81. The highest BCUT2D eigenvalue weighted by atomic mass is 32.2. The largest absolute Gasteiger partial charge is 0.339 e. The molecule has 0 aromatic rings. The number of hydrogen-bond donors (Lipinski definition) is 1. The molecule has 1 N–H and O–H groups in total. The number of nitrogens with zero attached hydrogens (tertiary/aromatic N) is 1. The van der Waals surface area contributed by atoms with Gasteiger partial charge in [0.15, 0.2) is 0 Å². The molecule has 1 saturated carbocycles. The van der Waals surface area contributed by atoms with Gasteiger partial charge in [-0.1, -0.05) is 19.8 Å². The molecule has 1 amide bonds. The first kappa shape index (κ1) is 12.8. The number of carbonyl (C=O) groups excluding carboxylic acids is 1. The van der Waals surface area contributed by atoms with Gasteiger partial charge in [-0.25, -0.2) is 0 Å². The van der Waals surface area contributed by atoms with E-state index in [0.29, 0.717) is 17.2 Å². The van der Waals surface area contributed by atoms with E-state index < -0.39 is 0 Å². The Morgan fingerprint density at radius 3 is 2.94 bits per heavy atom. The van der Waals surface area contributed by atoms with E-state index in [1.807, 2.05) is 11.8 Å². The number of amides is 1. The highest BCUT2D eigenvalue weighted by molar-refractivity contribution is 7.99. The van der Waals surface area contributed by atoms with Crippen LogP contribution in [0.5, 0.6) is 0 Å². The standard InChI is InChI=1S/C14H24N2OS/c1-10-9-16(6-7-18-10)14(17)13-8-11-4-2-3-5-12(11)15-13/h10-13,15H,2-9H2,1H3. The molecule has 2 heterocycles. The third-order valence-electron chi connectivity index (χ3n) is 4.71. The van der Waals surface area contributed by atoms with Gasteiger partial charge >= 0.3 is 0 Å². The minimum Gasteiger partial charge on any atom is -0.339 e. The number of carbonyl (C=O) groups is 1. The van der Waals surface area contributed by atoms with Gasteiger partial charge in [-0.2, -0.15) is 11.8 Å². The summed E-state index contributed by atoms with van der Waals surface area (Å²) in [6, 6.07) is 0.748. The SMILES string of the molecule is CC1CN(C(=O)C2CC3CCCCC3N2)CCS1. The van der Waals surface area contributed by atoms with Gasteiger partial charge in [-0.3, -0.25) is 4.79 Å². The Morgan fingerprint density at radius 1 is 1.33 bits per heavy atom. The maximum Gasteiger partial charge on any atom is 0.239 e. The van der Waals surface area contributed by atoms with E-state index in [0.717, 1.165) is 31.2 Å². The Labute approximate surface area is 114 Å². The molecule has 0 bridgehead atoms. The normalized spacial score (nSPS) is 40.6. The predicted molar refractivity (Wildman–Crippen MR) is 75.8 cm³/mol. The van der Waals surface area contributed by atoms with Crippen LogP contribution < -0.4 is 5.32 Å². The molecule has 3 fully saturated rings. The molecule has 0 radical (unpaired) electrons. The summed E-state index contributed by atoms with van der Waals surface area (Å²) in [5.41, 5.74) is 0. The van der Waals surface area contributed by atoms with Gasteiger partial charge in [-0.15, -0.1) is 0 Å². The van der Waals surface area contributed by atoms with Crippen molar-refractivity contribution in [3.05, 3.63) is 0 Å². The van der Waals surface area contributed by atoms with Crippen molar-refractivity contribution in [3.8, 4) is 0 Å². The number of nitrogens with one attached hydrogen (secondary N) is 1. The van der Waals surface area contributed by atoms with Crippen molar-refractivity contribution in [2.24, 2.45) is 5.92 Å². The number of thioether (sulfide) groups is 1. The second kappa shape index (κ2) is 5.41. The summed E-state index contributed by atoms with van der Waals surface area (Å²) >= 11 is 1.99. The lowest BCUT2D eigenvalue weighted by molar-refractivity contribution is -0.133. The molecule has 0 aromatic heterocycles. The van der Waals surface area contributed by atoms with Gasteiger partial charge in [-0.05, 0) is 25.2 Å². The number of hydrogen-bond acceptors (Lipinski definition) is 3. The van der Waals surface area contributed by atoms with E-state index in [1.54, 1.807) is 0 Å². The van der Waals surface area contributed by atoms with Crippen LogP contribution in [0.4, 0.5) is 0 Å². The lowest BCUT2D eigenvalue weighted by atomic mass is 9.85. The summed E-state index contributed by atoms with van der Waals surface area (Å²) in [4.78, 5) is 14.6. The molecule has 4 heteroatoms. The first-order valence-corrected chi connectivity index (χ1v) is 8.45. The van der Waals surface area contributed by atoms with Crippen molar-refractivity contribution in [1.82, 2.24) is 10.2 Å². The van der Waals surface area contributed by atoms with E-state index >= 15 is 0 Å². The zero-order valence-corrected chi connectivity index (χ0v) is 12.0. The van der Waals surface area contributed by atoms with Gasteiger partial charge in [0.25, 0.3) is 0 Å². The van der Waals surface area contributed by atoms with Crippen LogP contribution in [0.2, 0.25) is 0 Å². The third-order valence-corrected chi connectivity index (χ3v) is 5.85. The van der Waals surface area contributed by atoms with E-state index in [-0.39, 0.29) is 6.04 Å². The average molecular weight is 268 g/mol. The van der Waals surface area contributed by atoms with E-state index in [4.69, 9.17) is 0 Å². The molecule has 3 aliphatic rings. The fourth-order valence-electron chi connectivity index (χ4n) is 3.75. The molecular weight excluding hydrogens is 244 g/mol. The van der Waals surface area contributed by atoms with Crippen LogP contribution in [0.3, 0.4) is 0 Å². The molecule has 0 spiro atoms. The van der Waals surface area contributed by atoms with Crippen LogP contribution >= 0.6 is 11.8 Å². The molecule has 3 rings (SSSR count). The molecule has 18 heavy (non-hydrogen) atoms. The van der Waals surface area contributed by atoms with Crippen LogP contribution in [0, 0.1) is 5.92 Å². The number of rotatable bonds is 1. The molecule has 2 aliphatic heterocycles. The molecule has 3 nitrogen and oxygen atoms in total. The van der Waals surface area contributed by atoms with Crippen LogP contribution in [0.25, 0.3) is 0 Å². The molecule has 0 aromatic carbocycles. The zero-order chi connectivity index (χ0) is 12.5. The van der Waals surface area contributed by atoms with Crippen LogP contribution in [-0.4, -0.2) is 47.0 Å². The fourth-order valence-corrected chi connectivity index (χ4v) is 4.76. The monoisotopic (exact) mass is 268 g/mol. The first-order valence-electron chi connectivity index (χ1n) is 7.40. The van der Waals surface area contributed by atoms with Crippen molar-refractivity contribution in [3.63, 3.8) is 0 Å². The highest BCUT2D eigenvalue weighted by Crippen LogP contribution is 2.34. The Morgan fingerprint density at radius 2 is 2.17 bits per heavy atom. The summed E-state index contributed by atoms with van der Waals surface area (Å²) in [5, 5.41) is 4.21. The van der Waals surface area contributed by atoms with Crippen molar-refractivity contribution in [2.45, 2.75) is 56.4 Å². The molecule has 4 atom stereocenters. The summed E-state index contributed by atoms with van der Waals surface area (Å²) in [5.74, 6) is 2.24. The van der Waals surface area contributed by atoms with Gasteiger partial charge in [0.05, 0.1) is 6.04 Å².